The fourth-order valence-electron chi connectivity index (χ4n) is 2.91. The summed E-state index contributed by atoms with van der Waals surface area (Å²) in [6.07, 6.45) is 3.26. The number of methoxy groups -OCH3 is 1. The summed E-state index contributed by atoms with van der Waals surface area (Å²) in [5.41, 5.74) is 1.25. The minimum absolute atomic E-state index is 0.417. The van der Waals surface area contributed by atoms with Crippen LogP contribution in [0.1, 0.15) is 46.1 Å². The number of ether oxygens (including phenoxy) is 1. The molecule has 5 heteroatoms. The lowest BCUT2D eigenvalue weighted by atomic mass is 10.1. The molecule has 0 heterocycles. The fraction of sp³-hybridized carbons (Fsp3) is 0.667. The Bertz CT molecular complexity index is 514. The molecule has 1 atom stereocenters. The van der Waals surface area contributed by atoms with Crippen molar-refractivity contribution in [3.05, 3.63) is 29.8 Å². The molecule has 0 aliphatic heterocycles. The van der Waals surface area contributed by atoms with Gasteiger partial charge in [0.25, 0.3) is 0 Å². The van der Waals surface area contributed by atoms with Crippen LogP contribution in [0.4, 0.5) is 0 Å². The maximum absolute atomic E-state index is 5.28. The normalized spacial score (nSPS) is 12.9. The molecular formula is C21H38N4O. The fourth-order valence-corrected chi connectivity index (χ4v) is 2.91. The van der Waals surface area contributed by atoms with E-state index in [9.17, 15) is 0 Å². The Morgan fingerprint density at radius 2 is 2.00 bits per heavy atom. The summed E-state index contributed by atoms with van der Waals surface area (Å²) in [4.78, 5) is 7.20. The smallest absolute Gasteiger partial charge is 0.191 e. The first-order valence-electron chi connectivity index (χ1n) is 10.0. The Morgan fingerprint density at radius 3 is 2.65 bits per heavy atom. The lowest BCUT2D eigenvalue weighted by molar-refractivity contribution is 0.292. The van der Waals surface area contributed by atoms with E-state index < -0.39 is 0 Å². The summed E-state index contributed by atoms with van der Waals surface area (Å²) in [5.74, 6) is 1.81. The van der Waals surface area contributed by atoms with Crippen molar-refractivity contribution in [2.24, 2.45) is 4.99 Å². The molecule has 5 nitrogen and oxygen atoms in total. The molecular weight excluding hydrogens is 324 g/mol. The molecule has 1 aromatic rings. The van der Waals surface area contributed by atoms with Crippen molar-refractivity contribution in [3.63, 3.8) is 0 Å². The molecule has 0 bridgehead atoms. The van der Waals surface area contributed by atoms with E-state index in [0.29, 0.717) is 6.04 Å². The van der Waals surface area contributed by atoms with E-state index in [2.05, 4.69) is 55.4 Å². The van der Waals surface area contributed by atoms with E-state index in [1.807, 2.05) is 12.1 Å². The van der Waals surface area contributed by atoms with Crippen LogP contribution in [-0.2, 0) is 6.42 Å². The van der Waals surface area contributed by atoms with Gasteiger partial charge in [0.15, 0.2) is 5.96 Å². The maximum Gasteiger partial charge on any atom is 0.191 e. The summed E-state index contributed by atoms with van der Waals surface area (Å²) in [7, 11) is 1.70. The maximum atomic E-state index is 5.28. The Kier molecular flexibility index (Phi) is 11.5. The van der Waals surface area contributed by atoms with Gasteiger partial charge in [-0.2, -0.15) is 0 Å². The first-order chi connectivity index (χ1) is 12.6. The van der Waals surface area contributed by atoms with Crippen molar-refractivity contribution in [1.29, 1.82) is 0 Å². The van der Waals surface area contributed by atoms with Gasteiger partial charge < -0.3 is 20.3 Å². The van der Waals surface area contributed by atoms with Crippen molar-refractivity contribution in [2.45, 2.75) is 53.0 Å². The first kappa shape index (κ1) is 22.3. The number of nitrogens with one attached hydrogen (secondary N) is 2. The average molecular weight is 363 g/mol. The highest BCUT2D eigenvalue weighted by Gasteiger charge is 2.06. The molecule has 0 saturated heterocycles. The van der Waals surface area contributed by atoms with E-state index in [-0.39, 0.29) is 0 Å². The SMILES string of the molecule is CCNC(=NCCc1cccc(OC)c1)NC(C)CCCN(CC)CC. The summed E-state index contributed by atoms with van der Waals surface area (Å²) in [5, 5.41) is 6.88. The molecule has 0 aliphatic rings. The average Bonchev–Trinajstić information content (AvgIpc) is 2.65. The second kappa shape index (κ2) is 13.5. The molecule has 1 aromatic carbocycles. The number of hydrogen-bond acceptors (Lipinski definition) is 3. The predicted octanol–water partition coefficient (Wildman–Crippen LogP) is 3.30. The molecule has 0 spiro atoms. The standard InChI is InChI=1S/C21H38N4O/c1-6-22-21(24-18(4)11-10-16-25(7-2)8-3)23-15-14-19-12-9-13-20(17-19)26-5/h9,12-13,17-18H,6-8,10-11,14-16H2,1-5H3,(H2,22,23,24). The molecule has 1 rings (SSSR count). The van der Waals surface area contributed by atoms with Crippen LogP contribution in [0.5, 0.6) is 5.75 Å². The molecule has 0 aliphatic carbocycles. The quantitative estimate of drug-likeness (QED) is 0.442. The second-order valence-corrected chi connectivity index (χ2v) is 6.58. The zero-order valence-electron chi connectivity index (χ0n) is 17.3. The third-order valence-electron chi connectivity index (χ3n) is 4.54. The number of benzene rings is 1. The monoisotopic (exact) mass is 362 g/mol. The Balaban J connectivity index is 2.44. The van der Waals surface area contributed by atoms with Crippen molar-refractivity contribution in [3.8, 4) is 5.75 Å². The third kappa shape index (κ3) is 9.09. The van der Waals surface area contributed by atoms with Gasteiger partial charge in [-0.25, -0.2) is 0 Å². The van der Waals surface area contributed by atoms with Crippen molar-refractivity contribution in [2.75, 3.05) is 39.8 Å². The Morgan fingerprint density at radius 1 is 1.23 bits per heavy atom. The number of nitrogens with zero attached hydrogens (tertiary/aromatic N) is 2. The van der Waals surface area contributed by atoms with Crippen LogP contribution in [0.2, 0.25) is 0 Å². The molecule has 2 N–H and O–H groups in total. The first-order valence-corrected chi connectivity index (χ1v) is 10.0. The summed E-state index contributed by atoms with van der Waals surface area (Å²) >= 11 is 0. The zero-order chi connectivity index (χ0) is 19.2. The number of guanidine groups is 1. The summed E-state index contributed by atoms with van der Waals surface area (Å²) < 4.78 is 5.28. The summed E-state index contributed by atoms with van der Waals surface area (Å²) in [6, 6.07) is 8.61. The number of hydrogen-bond donors (Lipinski definition) is 2. The van der Waals surface area contributed by atoms with Crippen LogP contribution >= 0.6 is 0 Å². The highest BCUT2D eigenvalue weighted by Crippen LogP contribution is 2.12. The van der Waals surface area contributed by atoms with Crippen LogP contribution in [0, 0.1) is 0 Å². The van der Waals surface area contributed by atoms with E-state index in [0.717, 1.165) is 50.7 Å². The third-order valence-corrected chi connectivity index (χ3v) is 4.54. The van der Waals surface area contributed by atoms with Gasteiger partial charge in [0.2, 0.25) is 0 Å². The van der Waals surface area contributed by atoms with Crippen LogP contribution in [0.3, 0.4) is 0 Å². The Labute approximate surface area is 160 Å². The van der Waals surface area contributed by atoms with Crippen LogP contribution < -0.4 is 15.4 Å². The van der Waals surface area contributed by atoms with Gasteiger partial charge in [-0.1, -0.05) is 26.0 Å². The zero-order valence-corrected chi connectivity index (χ0v) is 17.3. The molecule has 0 fully saturated rings. The van der Waals surface area contributed by atoms with E-state index in [4.69, 9.17) is 9.73 Å². The van der Waals surface area contributed by atoms with E-state index >= 15 is 0 Å². The van der Waals surface area contributed by atoms with Gasteiger partial charge in [0.1, 0.15) is 5.75 Å². The van der Waals surface area contributed by atoms with Gasteiger partial charge in [-0.3, -0.25) is 4.99 Å². The van der Waals surface area contributed by atoms with Gasteiger partial charge in [0.05, 0.1) is 7.11 Å². The van der Waals surface area contributed by atoms with E-state index in [1.165, 1.54) is 18.5 Å². The number of aliphatic imine (C=N–C) groups is 1. The molecule has 1 unspecified atom stereocenters. The highest BCUT2D eigenvalue weighted by atomic mass is 16.5. The van der Waals surface area contributed by atoms with Crippen molar-refractivity contribution in [1.82, 2.24) is 15.5 Å². The minimum atomic E-state index is 0.417. The summed E-state index contributed by atoms with van der Waals surface area (Å²) in [6.45, 7) is 13.8. The van der Waals surface area contributed by atoms with Gasteiger partial charge in [0, 0.05) is 19.1 Å². The molecule has 148 valence electrons. The molecule has 0 aromatic heterocycles. The topological polar surface area (TPSA) is 48.9 Å². The second-order valence-electron chi connectivity index (χ2n) is 6.58. The Hall–Kier alpha value is -1.75. The van der Waals surface area contributed by atoms with E-state index in [1.54, 1.807) is 7.11 Å². The predicted molar refractivity (Wildman–Crippen MR) is 112 cm³/mol. The van der Waals surface area contributed by atoms with Gasteiger partial charge >= 0.3 is 0 Å². The van der Waals surface area contributed by atoms with Gasteiger partial charge in [-0.15, -0.1) is 0 Å². The van der Waals surface area contributed by atoms with Gasteiger partial charge in [-0.05, 0) is 70.4 Å². The van der Waals surface area contributed by atoms with Crippen LogP contribution in [-0.4, -0.2) is 56.7 Å². The van der Waals surface area contributed by atoms with Crippen LogP contribution in [0.15, 0.2) is 29.3 Å². The molecule has 26 heavy (non-hydrogen) atoms. The lowest BCUT2D eigenvalue weighted by Gasteiger charge is -2.21. The minimum Gasteiger partial charge on any atom is -0.497 e. The molecule has 0 radical (unpaired) electrons. The molecule has 0 amide bonds. The van der Waals surface area contributed by atoms with Crippen molar-refractivity contribution >= 4 is 5.96 Å². The largest absolute Gasteiger partial charge is 0.497 e. The lowest BCUT2D eigenvalue weighted by Crippen LogP contribution is -2.42. The number of rotatable bonds is 12. The van der Waals surface area contributed by atoms with Crippen molar-refractivity contribution < 1.29 is 4.74 Å². The molecule has 0 saturated carbocycles. The highest BCUT2D eigenvalue weighted by molar-refractivity contribution is 5.80. The van der Waals surface area contributed by atoms with Crippen LogP contribution in [0.25, 0.3) is 0 Å².